The summed E-state index contributed by atoms with van der Waals surface area (Å²) in [6.07, 6.45) is 6.13. The SMILES string of the molecule is CCC(CC)C1CCN(C(=NC)NCCCCC(=O)OC)C1.I. The lowest BCUT2D eigenvalue weighted by atomic mass is 9.87. The van der Waals surface area contributed by atoms with Crippen molar-refractivity contribution in [3.63, 3.8) is 0 Å². The summed E-state index contributed by atoms with van der Waals surface area (Å²) >= 11 is 0. The molecule has 136 valence electrons. The van der Waals surface area contributed by atoms with Crippen LogP contribution in [-0.2, 0) is 9.53 Å². The molecule has 1 aliphatic rings. The molecule has 0 radical (unpaired) electrons. The number of methoxy groups -OCH3 is 1. The van der Waals surface area contributed by atoms with Crippen molar-refractivity contribution in [2.75, 3.05) is 33.8 Å². The Morgan fingerprint density at radius 3 is 2.61 bits per heavy atom. The molecular weight excluding hydrogens is 405 g/mol. The molecule has 23 heavy (non-hydrogen) atoms. The zero-order valence-corrected chi connectivity index (χ0v) is 17.5. The third-order valence-electron chi connectivity index (χ3n) is 4.77. The molecule has 1 heterocycles. The summed E-state index contributed by atoms with van der Waals surface area (Å²) in [5.74, 6) is 2.51. The Morgan fingerprint density at radius 2 is 2.04 bits per heavy atom. The van der Waals surface area contributed by atoms with Gasteiger partial charge in [-0.25, -0.2) is 0 Å². The number of carbonyl (C=O) groups excluding carboxylic acids is 1. The van der Waals surface area contributed by atoms with E-state index in [0.717, 1.165) is 50.3 Å². The third kappa shape index (κ3) is 7.72. The monoisotopic (exact) mass is 439 g/mol. The first-order valence-electron chi connectivity index (χ1n) is 8.68. The number of aliphatic imine (C=N–C) groups is 1. The Hall–Kier alpha value is -0.530. The van der Waals surface area contributed by atoms with Gasteiger partial charge in [-0.3, -0.25) is 9.79 Å². The van der Waals surface area contributed by atoms with Gasteiger partial charge in [0.05, 0.1) is 7.11 Å². The molecule has 1 fully saturated rings. The zero-order valence-electron chi connectivity index (χ0n) is 15.1. The Morgan fingerprint density at radius 1 is 1.35 bits per heavy atom. The summed E-state index contributed by atoms with van der Waals surface area (Å²) in [4.78, 5) is 17.8. The molecule has 1 saturated heterocycles. The lowest BCUT2D eigenvalue weighted by Gasteiger charge is -2.24. The number of unbranched alkanes of at least 4 members (excludes halogenated alkanes) is 1. The second-order valence-corrected chi connectivity index (χ2v) is 6.08. The molecule has 1 atom stereocenters. The van der Waals surface area contributed by atoms with Crippen LogP contribution in [0.1, 0.15) is 52.4 Å². The van der Waals surface area contributed by atoms with Gasteiger partial charge in [-0.1, -0.05) is 26.7 Å². The van der Waals surface area contributed by atoms with Crippen LogP contribution in [0.3, 0.4) is 0 Å². The predicted molar refractivity (Wildman–Crippen MR) is 106 cm³/mol. The number of carbonyl (C=O) groups is 1. The fraction of sp³-hybridized carbons (Fsp3) is 0.882. The van der Waals surface area contributed by atoms with Crippen molar-refractivity contribution in [1.82, 2.24) is 10.2 Å². The molecule has 0 aromatic carbocycles. The van der Waals surface area contributed by atoms with Crippen LogP contribution >= 0.6 is 24.0 Å². The number of likely N-dealkylation sites (tertiary alicyclic amines) is 1. The highest BCUT2D eigenvalue weighted by Crippen LogP contribution is 2.28. The van der Waals surface area contributed by atoms with E-state index in [0.29, 0.717) is 6.42 Å². The highest BCUT2D eigenvalue weighted by Gasteiger charge is 2.29. The van der Waals surface area contributed by atoms with Crippen LogP contribution in [0.25, 0.3) is 0 Å². The van der Waals surface area contributed by atoms with Crippen molar-refractivity contribution in [3.8, 4) is 0 Å². The van der Waals surface area contributed by atoms with Crippen LogP contribution in [0.2, 0.25) is 0 Å². The molecule has 0 aromatic heterocycles. The summed E-state index contributed by atoms with van der Waals surface area (Å²) < 4.78 is 4.64. The molecule has 6 heteroatoms. The molecule has 1 N–H and O–H groups in total. The van der Waals surface area contributed by atoms with E-state index in [4.69, 9.17) is 0 Å². The number of hydrogen-bond donors (Lipinski definition) is 1. The molecule has 0 spiro atoms. The van der Waals surface area contributed by atoms with E-state index in [1.165, 1.54) is 26.4 Å². The van der Waals surface area contributed by atoms with E-state index in [9.17, 15) is 4.79 Å². The Bertz CT molecular complexity index is 360. The lowest BCUT2D eigenvalue weighted by Crippen LogP contribution is -2.40. The van der Waals surface area contributed by atoms with Crippen molar-refractivity contribution in [1.29, 1.82) is 0 Å². The highest BCUT2D eigenvalue weighted by molar-refractivity contribution is 14.0. The summed E-state index contributed by atoms with van der Waals surface area (Å²) in [5, 5.41) is 3.42. The van der Waals surface area contributed by atoms with Gasteiger partial charge in [0.15, 0.2) is 5.96 Å². The number of hydrogen-bond acceptors (Lipinski definition) is 3. The second kappa shape index (κ2) is 12.8. The Labute approximate surface area is 158 Å². The van der Waals surface area contributed by atoms with Gasteiger partial charge in [0.25, 0.3) is 0 Å². The van der Waals surface area contributed by atoms with Crippen molar-refractivity contribution in [2.45, 2.75) is 52.4 Å². The maximum atomic E-state index is 11.1. The Kier molecular flexibility index (Phi) is 12.5. The quantitative estimate of drug-likeness (QED) is 0.207. The van der Waals surface area contributed by atoms with Gasteiger partial charge in [-0.15, -0.1) is 24.0 Å². The summed E-state index contributed by atoms with van der Waals surface area (Å²) in [6, 6.07) is 0. The molecule has 1 aliphatic heterocycles. The van der Waals surface area contributed by atoms with Crippen LogP contribution < -0.4 is 5.32 Å². The normalized spacial score (nSPS) is 18.0. The molecular formula is C17H34IN3O2. The number of guanidine groups is 1. The first-order valence-corrected chi connectivity index (χ1v) is 8.68. The molecule has 0 amide bonds. The molecule has 0 aromatic rings. The number of halogens is 1. The predicted octanol–water partition coefficient (Wildman–Crippen LogP) is 3.28. The summed E-state index contributed by atoms with van der Waals surface area (Å²) in [7, 11) is 3.29. The molecule has 0 bridgehead atoms. The average molecular weight is 439 g/mol. The number of esters is 1. The van der Waals surface area contributed by atoms with E-state index < -0.39 is 0 Å². The molecule has 0 aliphatic carbocycles. The smallest absolute Gasteiger partial charge is 0.305 e. The van der Waals surface area contributed by atoms with Gasteiger partial charge in [0.2, 0.25) is 0 Å². The third-order valence-corrected chi connectivity index (χ3v) is 4.77. The van der Waals surface area contributed by atoms with Crippen molar-refractivity contribution < 1.29 is 9.53 Å². The first-order chi connectivity index (χ1) is 10.7. The minimum atomic E-state index is -0.128. The van der Waals surface area contributed by atoms with E-state index in [1.54, 1.807) is 0 Å². The fourth-order valence-electron chi connectivity index (χ4n) is 3.35. The average Bonchev–Trinajstić information content (AvgIpc) is 3.01. The van der Waals surface area contributed by atoms with Gasteiger partial charge in [0, 0.05) is 33.1 Å². The van der Waals surface area contributed by atoms with Crippen LogP contribution in [0.15, 0.2) is 4.99 Å². The standard InChI is InChI=1S/C17H33N3O2.HI/c1-5-14(6-2)15-10-12-20(13-15)17(18-3)19-11-8-7-9-16(21)22-4;/h14-15H,5-13H2,1-4H3,(H,18,19);1H. The zero-order chi connectivity index (χ0) is 16.4. The van der Waals surface area contributed by atoms with Crippen LogP contribution in [0.4, 0.5) is 0 Å². The van der Waals surface area contributed by atoms with Gasteiger partial charge in [-0.05, 0) is 31.1 Å². The Balaban J connectivity index is 0.00000484. The van der Waals surface area contributed by atoms with Gasteiger partial charge in [-0.2, -0.15) is 0 Å². The number of ether oxygens (including phenoxy) is 1. The lowest BCUT2D eigenvalue weighted by molar-refractivity contribution is -0.140. The van der Waals surface area contributed by atoms with Gasteiger partial charge >= 0.3 is 5.97 Å². The summed E-state index contributed by atoms with van der Waals surface area (Å²) in [6.45, 7) is 7.67. The van der Waals surface area contributed by atoms with E-state index in [1.807, 2.05) is 7.05 Å². The maximum absolute atomic E-state index is 11.1. The molecule has 0 saturated carbocycles. The van der Waals surface area contributed by atoms with E-state index >= 15 is 0 Å². The van der Waals surface area contributed by atoms with Crippen LogP contribution in [0.5, 0.6) is 0 Å². The fourth-order valence-corrected chi connectivity index (χ4v) is 3.35. The van der Waals surface area contributed by atoms with Crippen molar-refractivity contribution in [2.24, 2.45) is 16.8 Å². The minimum absolute atomic E-state index is 0. The molecule has 1 unspecified atom stereocenters. The topological polar surface area (TPSA) is 53.9 Å². The van der Waals surface area contributed by atoms with Crippen molar-refractivity contribution >= 4 is 35.9 Å². The minimum Gasteiger partial charge on any atom is -0.469 e. The summed E-state index contributed by atoms with van der Waals surface area (Å²) in [5.41, 5.74) is 0. The van der Waals surface area contributed by atoms with Crippen LogP contribution in [0, 0.1) is 11.8 Å². The number of nitrogens with zero attached hydrogens (tertiary/aromatic N) is 2. The number of rotatable bonds is 8. The molecule has 5 nitrogen and oxygen atoms in total. The maximum Gasteiger partial charge on any atom is 0.305 e. The van der Waals surface area contributed by atoms with Gasteiger partial charge in [0.1, 0.15) is 0 Å². The van der Waals surface area contributed by atoms with Crippen molar-refractivity contribution in [3.05, 3.63) is 0 Å². The first kappa shape index (κ1) is 22.5. The highest BCUT2D eigenvalue weighted by atomic mass is 127. The number of nitrogens with one attached hydrogen (secondary N) is 1. The molecule has 1 rings (SSSR count). The van der Waals surface area contributed by atoms with Crippen LogP contribution in [-0.4, -0.2) is 50.6 Å². The van der Waals surface area contributed by atoms with E-state index in [-0.39, 0.29) is 29.9 Å². The van der Waals surface area contributed by atoms with E-state index in [2.05, 4.69) is 33.8 Å². The second-order valence-electron chi connectivity index (χ2n) is 6.08. The largest absolute Gasteiger partial charge is 0.469 e. The van der Waals surface area contributed by atoms with Gasteiger partial charge < -0.3 is 15.0 Å².